The number of aromatic nitrogens is 3. The summed E-state index contributed by atoms with van der Waals surface area (Å²) in [6, 6.07) is -0.0796. The molecule has 130 valence electrons. The molecule has 2 atom stereocenters. The number of carbonyl (C=O) groups excluding carboxylic acids is 1. The first-order valence-electron chi connectivity index (χ1n) is 8.18. The summed E-state index contributed by atoms with van der Waals surface area (Å²) < 4.78 is 7.32. The van der Waals surface area contributed by atoms with Gasteiger partial charge in [-0.05, 0) is 33.6 Å². The van der Waals surface area contributed by atoms with Crippen molar-refractivity contribution in [3.8, 4) is 0 Å². The van der Waals surface area contributed by atoms with Crippen LogP contribution in [-0.4, -0.2) is 44.7 Å². The number of hydrogen-bond donors (Lipinski definition) is 2. The van der Waals surface area contributed by atoms with Crippen molar-refractivity contribution < 1.29 is 9.53 Å². The number of aryl methyl sites for hydroxylation is 1. The third-order valence-electron chi connectivity index (χ3n) is 3.93. The molecule has 1 amide bonds. The van der Waals surface area contributed by atoms with Crippen LogP contribution in [0, 0.1) is 5.92 Å². The van der Waals surface area contributed by atoms with Crippen LogP contribution in [0.5, 0.6) is 0 Å². The Morgan fingerprint density at radius 1 is 1.57 bits per heavy atom. The maximum atomic E-state index is 12.2. The Bertz CT molecular complexity index is 524. The molecule has 1 fully saturated rings. The van der Waals surface area contributed by atoms with Crippen LogP contribution in [0.3, 0.4) is 0 Å². The van der Waals surface area contributed by atoms with Crippen LogP contribution < -0.4 is 11.3 Å². The van der Waals surface area contributed by atoms with Gasteiger partial charge in [-0.3, -0.25) is 11.3 Å². The average Bonchev–Trinajstić information content (AvgIpc) is 3.09. The van der Waals surface area contributed by atoms with Crippen LogP contribution in [0.4, 0.5) is 4.79 Å². The summed E-state index contributed by atoms with van der Waals surface area (Å²) in [5.41, 5.74) is 3.35. The molecule has 0 aliphatic carbocycles. The van der Waals surface area contributed by atoms with Gasteiger partial charge in [0.25, 0.3) is 0 Å². The standard InChI is InChI=1S/C15H28N6O2/c1-5-7-21-12(9-17-19-21)13(18-16)11-6-8-20(10-11)14(22)23-15(2,3)4/h9,11,13,18H,5-8,10,16H2,1-4H3. The monoisotopic (exact) mass is 324 g/mol. The van der Waals surface area contributed by atoms with E-state index >= 15 is 0 Å². The zero-order valence-corrected chi connectivity index (χ0v) is 14.5. The van der Waals surface area contributed by atoms with Crippen molar-refractivity contribution in [3.05, 3.63) is 11.9 Å². The lowest BCUT2D eigenvalue weighted by atomic mass is 9.97. The van der Waals surface area contributed by atoms with Gasteiger partial charge in [-0.2, -0.15) is 0 Å². The molecule has 1 aromatic heterocycles. The topological polar surface area (TPSA) is 98.3 Å². The van der Waals surface area contributed by atoms with Gasteiger partial charge in [0.05, 0.1) is 17.9 Å². The van der Waals surface area contributed by atoms with Gasteiger partial charge >= 0.3 is 6.09 Å². The van der Waals surface area contributed by atoms with E-state index in [0.29, 0.717) is 13.1 Å². The Balaban J connectivity index is 2.04. The van der Waals surface area contributed by atoms with Gasteiger partial charge in [-0.15, -0.1) is 5.10 Å². The van der Waals surface area contributed by atoms with Gasteiger partial charge < -0.3 is 9.64 Å². The molecule has 0 radical (unpaired) electrons. The first kappa shape index (κ1) is 17.7. The molecule has 0 bridgehead atoms. The molecule has 8 nitrogen and oxygen atoms in total. The highest BCUT2D eigenvalue weighted by Gasteiger charge is 2.35. The lowest BCUT2D eigenvalue weighted by Crippen LogP contribution is -2.39. The SMILES string of the molecule is CCCn1nncc1C(NN)C1CCN(C(=O)OC(C)(C)C)C1. The fraction of sp³-hybridized carbons (Fsp3) is 0.800. The third-order valence-corrected chi connectivity index (χ3v) is 3.93. The highest BCUT2D eigenvalue weighted by atomic mass is 16.6. The van der Waals surface area contributed by atoms with Crippen molar-refractivity contribution in [2.45, 2.75) is 58.7 Å². The van der Waals surface area contributed by atoms with Crippen molar-refractivity contribution in [1.82, 2.24) is 25.3 Å². The molecular formula is C15H28N6O2. The van der Waals surface area contributed by atoms with E-state index in [2.05, 4.69) is 22.7 Å². The van der Waals surface area contributed by atoms with E-state index in [0.717, 1.165) is 25.1 Å². The van der Waals surface area contributed by atoms with Crippen molar-refractivity contribution in [1.29, 1.82) is 0 Å². The first-order valence-corrected chi connectivity index (χ1v) is 8.18. The maximum Gasteiger partial charge on any atom is 0.410 e. The third kappa shape index (κ3) is 4.42. The molecule has 0 saturated carbocycles. The second-order valence-electron chi connectivity index (χ2n) is 7.00. The van der Waals surface area contributed by atoms with Crippen molar-refractivity contribution in [2.75, 3.05) is 13.1 Å². The zero-order valence-electron chi connectivity index (χ0n) is 14.5. The summed E-state index contributed by atoms with van der Waals surface area (Å²) in [6.07, 6.45) is 3.32. The van der Waals surface area contributed by atoms with Crippen LogP contribution in [0.1, 0.15) is 52.3 Å². The summed E-state index contributed by atoms with van der Waals surface area (Å²) >= 11 is 0. The number of carbonyl (C=O) groups is 1. The number of nitrogens with one attached hydrogen (secondary N) is 1. The Labute approximate surface area is 137 Å². The van der Waals surface area contributed by atoms with E-state index < -0.39 is 5.60 Å². The molecule has 2 unspecified atom stereocenters. The number of nitrogens with two attached hydrogens (primary N) is 1. The lowest BCUT2D eigenvalue weighted by Gasteiger charge is -2.26. The van der Waals surface area contributed by atoms with E-state index in [1.54, 1.807) is 11.1 Å². The number of ether oxygens (including phenoxy) is 1. The Morgan fingerprint density at radius 2 is 2.30 bits per heavy atom. The van der Waals surface area contributed by atoms with Crippen molar-refractivity contribution in [3.63, 3.8) is 0 Å². The first-order chi connectivity index (χ1) is 10.9. The summed E-state index contributed by atoms with van der Waals surface area (Å²) in [5, 5.41) is 8.11. The predicted molar refractivity (Wildman–Crippen MR) is 86.3 cm³/mol. The molecule has 1 saturated heterocycles. The smallest absolute Gasteiger partial charge is 0.410 e. The number of nitrogens with zero attached hydrogens (tertiary/aromatic N) is 4. The Hall–Kier alpha value is -1.67. The fourth-order valence-electron chi connectivity index (χ4n) is 2.91. The van der Waals surface area contributed by atoms with E-state index in [1.165, 1.54) is 0 Å². The van der Waals surface area contributed by atoms with E-state index in [-0.39, 0.29) is 18.1 Å². The summed E-state index contributed by atoms with van der Waals surface area (Å²) in [4.78, 5) is 13.9. The van der Waals surface area contributed by atoms with Gasteiger partial charge in [0, 0.05) is 25.6 Å². The molecule has 8 heteroatoms. The van der Waals surface area contributed by atoms with Crippen LogP contribution in [0.15, 0.2) is 6.20 Å². The normalized spacial score (nSPS) is 19.9. The molecule has 2 rings (SSSR count). The molecule has 1 aliphatic heterocycles. The van der Waals surface area contributed by atoms with E-state index in [1.807, 2.05) is 25.5 Å². The number of amides is 1. The van der Waals surface area contributed by atoms with Gasteiger partial charge in [0.15, 0.2) is 0 Å². The van der Waals surface area contributed by atoms with Gasteiger partial charge in [0.2, 0.25) is 0 Å². The fourth-order valence-corrected chi connectivity index (χ4v) is 2.91. The van der Waals surface area contributed by atoms with Crippen LogP contribution in [0.25, 0.3) is 0 Å². The molecular weight excluding hydrogens is 296 g/mol. The summed E-state index contributed by atoms with van der Waals surface area (Å²) in [6.45, 7) is 9.80. The minimum Gasteiger partial charge on any atom is -0.444 e. The minimum atomic E-state index is -0.482. The lowest BCUT2D eigenvalue weighted by molar-refractivity contribution is 0.0285. The van der Waals surface area contributed by atoms with Gasteiger partial charge in [0.1, 0.15) is 5.60 Å². The van der Waals surface area contributed by atoms with Gasteiger partial charge in [-0.25, -0.2) is 9.48 Å². The van der Waals surface area contributed by atoms with Crippen molar-refractivity contribution >= 4 is 6.09 Å². The van der Waals surface area contributed by atoms with Gasteiger partial charge in [-0.1, -0.05) is 12.1 Å². The number of likely N-dealkylation sites (tertiary alicyclic amines) is 1. The summed E-state index contributed by atoms with van der Waals surface area (Å²) in [5.74, 6) is 5.99. The number of rotatable bonds is 5. The number of hydrogen-bond acceptors (Lipinski definition) is 6. The van der Waals surface area contributed by atoms with Crippen molar-refractivity contribution in [2.24, 2.45) is 11.8 Å². The molecule has 1 aliphatic rings. The second kappa shape index (κ2) is 7.27. The van der Waals surface area contributed by atoms with E-state index in [9.17, 15) is 4.79 Å². The summed E-state index contributed by atoms with van der Waals surface area (Å²) in [7, 11) is 0. The van der Waals surface area contributed by atoms with E-state index in [4.69, 9.17) is 10.6 Å². The molecule has 0 aromatic carbocycles. The second-order valence-corrected chi connectivity index (χ2v) is 7.00. The van der Waals surface area contributed by atoms with Crippen LogP contribution >= 0.6 is 0 Å². The molecule has 2 heterocycles. The molecule has 23 heavy (non-hydrogen) atoms. The maximum absolute atomic E-state index is 12.2. The average molecular weight is 324 g/mol. The minimum absolute atomic E-state index is 0.0796. The zero-order chi connectivity index (χ0) is 17.0. The predicted octanol–water partition coefficient (Wildman–Crippen LogP) is 1.45. The Kier molecular flexibility index (Phi) is 5.59. The molecule has 0 spiro atoms. The van der Waals surface area contributed by atoms with Crippen LogP contribution in [-0.2, 0) is 11.3 Å². The quantitative estimate of drug-likeness (QED) is 0.628. The number of hydrazine groups is 1. The van der Waals surface area contributed by atoms with Crippen LogP contribution in [0.2, 0.25) is 0 Å². The Morgan fingerprint density at radius 3 is 2.91 bits per heavy atom. The molecule has 1 aromatic rings. The largest absolute Gasteiger partial charge is 0.444 e. The highest BCUT2D eigenvalue weighted by Crippen LogP contribution is 2.30. The molecule has 3 N–H and O–H groups in total. The highest BCUT2D eigenvalue weighted by molar-refractivity contribution is 5.68.